The molecular formula is C26H36ClN3O4S. The highest BCUT2D eigenvalue weighted by Crippen LogP contribution is 2.25. The minimum atomic E-state index is -3.54. The fraction of sp³-hybridized carbons (Fsp3) is 0.462. The van der Waals surface area contributed by atoms with Crippen LogP contribution in [0.5, 0.6) is 0 Å². The third-order valence-electron chi connectivity index (χ3n) is 5.65. The van der Waals surface area contributed by atoms with Crippen molar-refractivity contribution in [2.45, 2.75) is 66.1 Å². The highest BCUT2D eigenvalue weighted by atomic mass is 35.5. The zero-order chi connectivity index (χ0) is 26.3. The van der Waals surface area contributed by atoms with E-state index in [2.05, 4.69) is 5.32 Å². The van der Waals surface area contributed by atoms with Crippen molar-refractivity contribution in [3.8, 4) is 0 Å². The van der Waals surface area contributed by atoms with Gasteiger partial charge >= 0.3 is 0 Å². The first kappa shape index (κ1) is 28.7. The molecule has 0 aliphatic rings. The van der Waals surface area contributed by atoms with Crippen LogP contribution >= 0.6 is 11.6 Å². The minimum absolute atomic E-state index is 0.0571. The lowest BCUT2D eigenvalue weighted by atomic mass is 10.1. The van der Waals surface area contributed by atoms with E-state index in [4.69, 9.17) is 11.6 Å². The summed E-state index contributed by atoms with van der Waals surface area (Å²) in [5.41, 5.74) is 3.26. The summed E-state index contributed by atoms with van der Waals surface area (Å²) in [6.45, 7) is 9.61. The van der Waals surface area contributed by atoms with E-state index < -0.39 is 16.1 Å². The predicted molar refractivity (Wildman–Crippen MR) is 142 cm³/mol. The van der Waals surface area contributed by atoms with Crippen molar-refractivity contribution in [1.82, 2.24) is 10.2 Å². The molecule has 1 unspecified atom stereocenters. The number of carbonyl (C=O) groups is 2. The van der Waals surface area contributed by atoms with Crippen molar-refractivity contribution in [2.75, 3.05) is 17.1 Å². The number of sulfonamides is 1. The number of anilines is 1. The minimum Gasteiger partial charge on any atom is -0.352 e. The maximum atomic E-state index is 13.3. The van der Waals surface area contributed by atoms with Gasteiger partial charge in [-0.05, 0) is 75.9 Å². The van der Waals surface area contributed by atoms with E-state index in [1.54, 1.807) is 19.1 Å². The van der Waals surface area contributed by atoms with E-state index in [-0.39, 0.29) is 37.4 Å². The molecule has 0 fully saturated rings. The molecule has 192 valence electrons. The van der Waals surface area contributed by atoms with E-state index in [1.165, 1.54) is 15.5 Å². The van der Waals surface area contributed by atoms with Crippen LogP contribution in [0.2, 0.25) is 5.02 Å². The van der Waals surface area contributed by atoms with Crippen molar-refractivity contribution in [3.05, 3.63) is 64.2 Å². The van der Waals surface area contributed by atoms with Gasteiger partial charge in [-0.1, -0.05) is 35.9 Å². The summed E-state index contributed by atoms with van der Waals surface area (Å²) in [5.74, 6) is -0.462. The van der Waals surface area contributed by atoms with E-state index in [1.807, 2.05) is 58.0 Å². The van der Waals surface area contributed by atoms with E-state index in [0.29, 0.717) is 17.1 Å². The van der Waals surface area contributed by atoms with Crippen LogP contribution in [0.25, 0.3) is 0 Å². The average Bonchev–Trinajstić information content (AvgIpc) is 2.76. The van der Waals surface area contributed by atoms with Crippen molar-refractivity contribution < 1.29 is 18.0 Å². The Morgan fingerprint density at radius 3 is 2.23 bits per heavy atom. The molecule has 2 aromatic rings. The Labute approximate surface area is 214 Å². The number of carbonyl (C=O) groups excluding carboxylic acids is 2. The highest BCUT2D eigenvalue weighted by molar-refractivity contribution is 7.92. The number of nitrogens with zero attached hydrogens (tertiary/aromatic N) is 2. The Balaban J connectivity index is 2.20. The second kappa shape index (κ2) is 12.4. The van der Waals surface area contributed by atoms with E-state index >= 15 is 0 Å². The van der Waals surface area contributed by atoms with Crippen LogP contribution in [0.1, 0.15) is 50.3 Å². The molecule has 1 N–H and O–H groups in total. The number of benzene rings is 2. The fourth-order valence-corrected chi connectivity index (χ4v) is 4.89. The monoisotopic (exact) mass is 521 g/mol. The SMILES string of the molecule is Cc1ccc(C)c(N(CCCC(=O)N(Cc2ccc(Cl)cc2)C(C)C(=O)NC(C)C)S(C)(=O)=O)c1. The molecule has 0 saturated heterocycles. The van der Waals surface area contributed by atoms with Crippen molar-refractivity contribution in [1.29, 1.82) is 0 Å². The predicted octanol–water partition coefficient (Wildman–Crippen LogP) is 4.44. The quantitative estimate of drug-likeness (QED) is 0.473. The molecule has 0 spiro atoms. The summed E-state index contributed by atoms with van der Waals surface area (Å²) < 4.78 is 26.4. The van der Waals surface area contributed by atoms with Gasteiger partial charge in [0.15, 0.2) is 0 Å². The second-order valence-electron chi connectivity index (χ2n) is 9.22. The van der Waals surface area contributed by atoms with Crippen LogP contribution in [0.3, 0.4) is 0 Å². The largest absolute Gasteiger partial charge is 0.352 e. The summed E-state index contributed by atoms with van der Waals surface area (Å²) in [6.07, 6.45) is 1.58. The smallest absolute Gasteiger partial charge is 0.242 e. The summed E-state index contributed by atoms with van der Waals surface area (Å²) in [4.78, 5) is 27.5. The zero-order valence-corrected chi connectivity index (χ0v) is 22.9. The lowest BCUT2D eigenvalue weighted by Crippen LogP contribution is -2.49. The second-order valence-corrected chi connectivity index (χ2v) is 11.6. The molecule has 9 heteroatoms. The topological polar surface area (TPSA) is 86.8 Å². The Morgan fingerprint density at radius 2 is 1.66 bits per heavy atom. The standard InChI is InChI=1S/C26H36ClN3O4S/c1-18(2)28-26(32)21(5)29(17-22-11-13-23(27)14-12-22)25(31)8-7-15-30(35(6,33)34)24-16-19(3)9-10-20(24)4/h9-14,16,18,21H,7-8,15,17H2,1-6H3,(H,28,32). The number of hydrogen-bond acceptors (Lipinski definition) is 4. The van der Waals surface area contributed by atoms with Gasteiger partial charge in [-0.25, -0.2) is 8.42 Å². The molecule has 0 saturated carbocycles. The molecule has 0 bridgehead atoms. The van der Waals surface area contributed by atoms with Crippen molar-refractivity contribution in [2.24, 2.45) is 0 Å². The third kappa shape index (κ3) is 8.54. The van der Waals surface area contributed by atoms with E-state index in [0.717, 1.165) is 16.7 Å². The van der Waals surface area contributed by atoms with Crippen LogP contribution in [0, 0.1) is 13.8 Å². The summed E-state index contributed by atoms with van der Waals surface area (Å²) in [5, 5.41) is 3.45. The molecule has 2 aromatic carbocycles. The average molecular weight is 522 g/mol. The Kier molecular flexibility index (Phi) is 10.2. The van der Waals surface area contributed by atoms with Crippen LogP contribution in [0.15, 0.2) is 42.5 Å². The molecule has 1 atom stereocenters. The van der Waals surface area contributed by atoms with Gasteiger partial charge in [0.25, 0.3) is 0 Å². The first-order valence-corrected chi connectivity index (χ1v) is 13.9. The number of aryl methyl sites for hydroxylation is 2. The number of rotatable bonds is 11. The molecule has 35 heavy (non-hydrogen) atoms. The van der Waals surface area contributed by atoms with Crippen LogP contribution < -0.4 is 9.62 Å². The molecule has 0 aliphatic carbocycles. The summed E-state index contributed by atoms with van der Waals surface area (Å²) >= 11 is 5.99. The van der Waals surface area contributed by atoms with Crippen LogP contribution in [-0.2, 0) is 26.2 Å². The molecule has 7 nitrogen and oxygen atoms in total. The summed E-state index contributed by atoms with van der Waals surface area (Å²) in [6, 6.07) is 12.0. The fourth-order valence-electron chi connectivity index (χ4n) is 3.74. The van der Waals surface area contributed by atoms with Gasteiger partial charge in [0, 0.05) is 30.6 Å². The maximum absolute atomic E-state index is 13.3. The van der Waals surface area contributed by atoms with Crippen molar-refractivity contribution in [3.63, 3.8) is 0 Å². The number of nitrogens with one attached hydrogen (secondary N) is 1. The lowest BCUT2D eigenvalue weighted by molar-refractivity contribution is -0.140. The normalized spacial score (nSPS) is 12.3. The first-order chi connectivity index (χ1) is 16.3. The number of amides is 2. The van der Waals surface area contributed by atoms with Gasteiger partial charge in [0.2, 0.25) is 21.8 Å². The van der Waals surface area contributed by atoms with E-state index in [9.17, 15) is 18.0 Å². The first-order valence-electron chi connectivity index (χ1n) is 11.7. The Bertz CT molecular complexity index is 1130. The van der Waals surface area contributed by atoms with Gasteiger partial charge in [0.1, 0.15) is 6.04 Å². The number of halogens is 1. The summed E-state index contributed by atoms with van der Waals surface area (Å²) in [7, 11) is -3.54. The Morgan fingerprint density at radius 1 is 1.03 bits per heavy atom. The zero-order valence-electron chi connectivity index (χ0n) is 21.3. The van der Waals surface area contributed by atoms with Crippen LogP contribution in [0.4, 0.5) is 5.69 Å². The number of hydrogen-bond donors (Lipinski definition) is 1. The van der Waals surface area contributed by atoms with Gasteiger partial charge in [-0.2, -0.15) is 0 Å². The lowest BCUT2D eigenvalue weighted by Gasteiger charge is -2.30. The molecule has 0 aromatic heterocycles. The maximum Gasteiger partial charge on any atom is 0.242 e. The molecule has 0 radical (unpaired) electrons. The molecule has 2 rings (SSSR count). The molecular weight excluding hydrogens is 486 g/mol. The highest BCUT2D eigenvalue weighted by Gasteiger charge is 2.27. The Hall–Kier alpha value is -2.58. The van der Waals surface area contributed by atoms with Gasteiger partial charge in [-0.3, -0.25) is 13.9 Å². The van der Waals surface area contributed by atoms with Crippen molar-refractivity contribution >= 4 is 39.1 Å². The van der Waals surface area contributed by atoms with Gasteiger partial charge in [0.05, 0.1) is 11.9 Å². The van der Waals surface area contributed by atoms with Crippen LogP contribution in [-0.4, -0.2) is 50.0 Å². The van der Waals surface area contributed by atoms with Gasteiger partial charge in [-0.15, -0.1) is 0 Å². The van der Waals surface area contributed by atoms with Gasteiger partial charge < -0.3 is 10.2 Å². The molecule has 2 amide bonds. The third-order valence-corrected chi connectivity index (χ3v) is 7.08. The molecule has 0 aliphatic heterocycles. The molecule has 0 heterocycles.